The maximum absolute atomic E-state index is 13.0. The molecule has 2 aromatic rings. The number of carbonyl (C=O) groups is 1. The van der Waals surface area contributed by atoms with Crippen molar-refractivity contribution in [2.24, 2.45) is 0 Å². The standard InChI is InChI=1S/C12H11ClFN3O2/c1-2-10-11(12(18)19)15-16-17(10)6-7-3-4-9(14)8(13)5-7/h3-5H,2,6H2,1H3,(H,18,19). The predicted molar refractivity (Wildman–Crippen MR) is 66.9 cm³/mol. The highest BCUT2D eigenvalue weighted by atomic mass is 35.5. The van der Waals surface area contributed by atoms with E-state index in [9.17, 15) is 9.18 Å². The average Bonchev–Trinajstić information content (AvgIpc) is 2.76. The van der Waals surface area contributed by atoms with Crippen LogP contribution in [0.15, 0.2) is 18.2 Å². The quantitative estimate of drug-likeness (QED) is 0.935. The summed E-state index contributed by atoms with van der Waals surface area (Å²) in [6.07, 6.45) is 0.490. The van der Waals surface area contributed by atoms with Gasteiger partial charge in [-0.2, -0.15) is 0 Å². The molecule has 0 radical (unpaired) electrons. The minimum Gasteiger partial charge on any atom is -0.476 e. The van der Waals surface area contributed by atoms with E-state index in [-0.39, 0.29) is 10.7 Å². The first-order chi connectivity index (χ1) is 9.02. The van der Waals surface area contributed by atoms with E-state index in [4.69, 9.17) is 16.7 Å². The Bertz CT molecular complexity index is 627. The molecule has 0 aliphatic carbocycles. The van der Waals surface area contributed by atoms with Crippen LogP contribution in [0.4, 0.5) is 4.39 Å². The third kappa shape index (κ3) is 2.73. The summed E-state index contributed by atoms with van der Waals surface area (Å²) in [6, 6.07) is 4.32. The van der Waals surface area contributed by atoms with Crippen LogP contribution in [0, 0.1) is 5.82 Å². The lowest BCUT2D eigenvalue weighted by Gasteiger charge is -2.06. The van der Waals surface area contributed by atoms with Crippen LogP contribution in [0.1, 0.15) is 28.7 Å². The molecule has 0 amide bonds. The SMILES string of the molecule is CCc1c(C(=O)O)nnn1Cc1ccc(F)c(Cl)c1. The van der Waals surface area contributed by atoms with Crippen LogP contribution < -0.4 is 0 Å². The number of halogens is 2. The van der Waals surface area contributed by atoms with Gasteiger partial charge in [0.2, 0.25) is 0 Å². The summed E-state index contributed by atoms with van der Waals surface area (Å²) in [4.78, 5) is 11.0. The van der Waals surface area contributed by atoms with E-state index >= 15 is 0 Å². The number of aromatic nitrogens is 3. The van der Waals surface area contributed by atoms with E-state index in [1.165, 1.54) is 16.8 Å². The average molecular weight is 284 g/mol. The van der Waals surface area contributed by atoms with Gasteiger partial charge in [0, 0.05) is 0 Å². The van der Waals surface area contributed by atoms with Crippen molar-refractivity contribution in [3.05, 3.63) is 46.0 Å². The number of nitrogens with zero attached hydrogens (tertiary/aromatic N) is 3. The van der Waals surface area contributed by atoms with E-state index in [1.54, 1.807) is 6.07 Å². The summed E-state index contributed by atoms with van der Waals surface area (Å²) >= 11 is 5.69. The normalized spacial score (nSPS) is 10.7. The Balaban J connectivity index is 2.33. The first-order valence-corrected chi connectivity index (χ1v) is 6.00. The van der Waals surface area contributed by atoms with Gasteiger partial charge in [0.1, 0.15) is 5.82 Å². The number of carboxylic acids is 1. The third-order valence-electron chi connectivity index (χ3n) is 2.69. The third-order valence-corrected chi connectivity index (χ3v) is 2.98. The fraction of sp³-hybridized carbons (Fsp3) is 0.250. The molecule has 0 fully saturated rings. The second-order valence-electron chi connectivity index (χ2n) is 3.95. The molecule has 2 rings (SSSR count). The zero-order valence-corrected chi connectivity index (χ0v) is 10.9. The monoisotopic (exact) mass is 283 g/mol. The molecule has 1 N–H and O–H groups in total. The molecule has 1 aromatic carbocycles. The second-order valence-corrected chi connectivity index (χ2v) is 4.36. The highest BCUT2D eigenvalue weighted by Gasteiger charge is 2.17. The number of aromatic carboxylic acids is 1. The molecule has 1 heterocycles. The van der Waals surface area contributed by atoms with Crippen molar-refractivity contribution in [1.82, 2.24) is 15.0 Å². The van der Waals surface area contributed by atoms with Crippen LogP contribution >= 0.6 is 11.6 Å². The fourth-order valence-corrected chi connectivity index (χ4v) is 1.99. The Labute approximate surface area is 113 Å². The van der Waals surface area contributed by atoms with E-state index in [0.717, 1.165) is 5.56 Å². The number of benzene rings is 1. The van der Waals surface area contributed by atoms with Crippen molar-refractivity contribution in [3.63, 3.8) is 0 Å². The van der Waals surface area contributed by atoms with E-state index in [0.29, 0.717) is 18.7 Å². The van der Waals surface area contributed by atoms with Crippen LogP contribution in [-0.4, -0.2) is 26.1 Å². The highest BCUT2D eigenvalue weighted by Crippen LogP contribution is 2.17. The van der Waals surface area contributed by atoms with Crippen molar-refractivity contribution < 1.29 is 14.3 Å². The number of hydrogen-bond donors (Lipinski definition) is 1. The van der Waals surface area contributed by atoms with Crippen LogP contribution in [0.5, 0.6) is 0 Å². The maximum atomic E-state index is 13.0. The van der Waals surface area contributed by atoms with Gasteiger partial charge >= 0.3 is 5.97 Å². The molecule has 0 aliphatic heterocycles. The lowest BCUT2D eigenvalue weighted by Crippen LogP contribution is -2.08. The van der Waals surface area contributed by atoms with Crippen LogP contribution in [0.25, 0.3) is 0 Å². The van der Waals surface area contributed by atoms with Crippen molar-refractivity contribution in [2.45, 2.75) is 19.9 Å². The van der Waals surface area contributed by atoms with Crippen molar-refractivity contribution >= 4 is 17.6 Å². The topological polar surface area (TPSA) is 68.0 Å². The first kappa shape index (κ1) is 13.5. The summed E-state index contributed by atoms with van der Waals surface area (Å²) < 4.78 is 14.5. The van der Waals surface area contributed by atoms with Crippen LogP contribution in [0.3, 0.4) is 0 Å². The highest BCUT2D eigenvalue weighted by molar-refractivity contribution is 6.30. The van der Waals surface area contributed by atoms with Crippen molar-refractivity contribution in [1.29, 1.82) is 0 Å². The fourth-order valence-electron chi connectivity index (χ4n) is 1.79. The zero-order valence-electron chi connectivity index (χ0n) is 10.1. The van der Waals surface area contributed by atoms with Gasteiger partial charge in [0.05, 0.1) is 17.3 Å². The molecule has 0 spiro atoms. The molecule has 5 nitrogen and oxygen atoms in total. The molecule has 0 saturated carbocycles. The molecule has 0 saturated heterocycles. The first-order valence-electron chi connectivity index (χ1n) is 5.62. The summed E-state index contributed by atoms with van der Waals surface area (Å²) in [7, 11) is 0. The van der Waals surface area contributed by atoms with Crippen LogP contribution in [0.2, 0.25) is 5.02 Å². The van der Waals surface area contributed by atoms with Gasteiger partial charge in [-0.1, -0.05) is 29.8 Å². The summed E-state index contributed by atoms with van der Waals surface area (Å²) in [6.45, 7) is 2.11. The van der Waals surface area contributed by atoms with Crippen LogP contribution in [-0.2, 0) is 13.0 Å². The number of rotatable bonds is 4. The van der Waals surface area contributed by atoms with Gasteiger partial charge < -0.3 is 5.11 Å². The molecule has 1 aromatic heterocycles. The van der Waals surface area contributed by atoms with E-state index < -0.39 is 11.8 Å². The molecule has 100 valence electrons. The Morgan fingerprint density at radius 1 is 1.53 bits per heavy atom. The molecular weight excluding hydrogens is 273 g/mol. The maximum Gasteiger partial charge on any atom is 0.358 e. The molecule has 7 heteroatoms. The second kappa shape index (κ2) is 5.36. The Kier molecular flexibility index (Phi) is 3.80. The van der Waals surface area contributed by atoms with Gasteiger partial charge in [-0.25, -0.2) is 13.9 Å². The largest absolute Gasteiger partial charge is 0.476 e. The minimum atomic E-state index is -1.11. The van der Waals surface area contributed by atoms with Gasteiger partial charge in [0.25, 0.3) is 0 Å². The Hall–Kier alpha value is -1.95. The molecular formula is C12H11ClFN3O2. The predicted octanol–water partition coefficient (Wildman–Crippen LogP) is 2.38. The van der Waals surface area contributed by atoms with Gasteiger partial charge in [-0.15, -0.1) is 5.10 Å². The summed E-state index contributed by atoms with van der Waals surface area (Å²) in [5.74, 6) is -1.61. The zero-order chi connectivity index (χ0) is 14.0. The molecule has 0 bridgehead atoms. The number of hydrogen-bond acceptors (Lipinski definition) is 3. The minimum absolute atomic E-state index is 0.0223. The molecule has 0 atom stereocenters. The Morgan fingerprint density at radius 2 is 2.26 bits per heavy atom. The molecule has 19 heavy (non-hydrogen) atoms. The lowest BCUT2D eigenvalue weighted by molar-refractivity contribution is 0.0689. The number of carboxylic acid groups (broad SMARTS) is 1. The van der Waals surface area contributed by atoms with Gasteiger partial charge in [-0.3, -0.25) is 0 Å². The lowest BCUT2D eigenvalue weighted by atomic mass is 10.2. The van der Waals surface area contributed by atoms with E-state index in [2.05, 4.69) is 10.3 Å². The van der Waals surface area contributed by atoms with Gasteiger partial charge in [0.15, 0.2) is 5.69 Å². The smallest absolute Gasteiger partial charge is 0.358 e. The van der Waals surface area contributed by atoms with Crippen molar-refractivity contribution in [2.75, 3.05) is 0 Å². The van der Waals surface area contributed by atoms with Gasteiger partial charge in [-0.05, 0) is 24.1 Å². The molecule has 0 aliphatic rings. The summed E-state index contributed by atoms with van der Waals surface area (Å²) in [5.41, 5.74) is 1.19. The Morgan fingerprint density at radius 3 is 2.84 bits per heavy atom. The van der Waals surface area contributed by atoms with Crippen molar-refractivity contribution in [3.8, 4) is 0 Å². The van der Waals surface area contributed by atoms with E-state index in [1.807, 2.05) is 6.92 Å². The molecule has 0 unspecified atom stereocenters. The summed E-state index contributed by atoms with van der Waals surface area (Å²) in [5, 5.41) is 16.4.